The lowest BCUT2D eigenvalue weighted by molar-refractivity contribution is -0.389. The highest BCUT2D eigenvalue weighted by Gasteiger charge is 2.26. The van der Waals surface area contributed by atoms with E-state index in [2.05, 4.69) is 29.0 Å². The second-order valence-corrected chi connectivity index (χ2v) is 6.88. The van der Waals surface area contributed by atoms with Gasteiger partial charge >= 0.3 is 5.82 Å². The molecule has 0 aromatic carbocycles. The van der Waals surface area contributed by atoms with Gasteiger partial charge in [-0.3, -0.25) is 4.90 Å². The van der Waals surface area contributed by atoms with Gasteiger partial charge in [0.2, 0.25) is 11.5 Å². The first-order valence-corrected chi connectivity index (χ1v) is 8.65. The average Bonchev–Trinajstić information content (AvgIpc) is 3.18. The summed E-state index contributed by atoms with van der Waals surface area (Å²) < 4.78 is 1.52. The molecule has 1 aliphatic heterocycles. The van der Waals surface area contributed by atoms with E-state index in [1.54, 1.807) is 18.3 Å². The zero-order valence-electron chi connectivity index (χ0n) is 14.3. The van der Waals surface area contributed by atoms with Gasteiger partial charge in [0.1, 0.15) is 0 Å². The van der Waals surface area contributed by atoms with Crippen molar-refractivity contribution in [1.29, 1.82) is 0 Å². The summed E-state index contributed by atoms with van der Waals surface area (Å²) in [5, 5.41) is 14.7. The van der Waals surface area contributed by atoms with Gasteiger partial charge < -0.3 is 15.4 Å². The number of anilines is 1. The molecule has 7 heteroatoms. The first-order valence-electron chi connectivity index (χ1n) is 8.65. The Morgan fingerprint density at radius 3 is 2.75 bits per heavy atom. The fourth-order valence-corrected chi connectivity index (χ4v) is 3.50. The summed E-state index contributed by atoms with van der Waals surface area (Å²) in [7, 11) is 0. The van der Waals surface area contributed by atoms with E-state index in [0.29, 0.717) is 30.0 Å². The van der Waals surface area contributed by atoms with E-state index in [1.807, 2.05) is 6.07 Å². The lowest BCUT2D eigenvalue weighted by Crippen LogP contribution is -2.39. The minimum Gasteiger partial charge on any atom is -0.361 e. The van der Waals surface area contributed by atoms with E-state index >= 15 is 0 Å². The van der Waals surface area contributed by atoms with Crippen molar-refractivity contribution < 1.29 is 4.92 Å². The van der Waals surface area contributed by atoms with Crippen LogP contribution in [-0.2, 0) is 0 Å². The molecule has 0 unspecified atom stereocenters. The van der Waals surface area contributed by atoms with Crippen LogP contribution >= 0.6 is 0 Å². The van der Waals surface area contributed by atoms with Crippen LogP contribution in [0.5, 0.6) is 0 Å². The standard InChI is InChI=1S/C17H25N5O2/c1-13(2)11-14(20-8-5-6-9-20)12-18-16-17(22(23)24)21-10-4-3-7-15(21)19-16/h3-4,7,10,13-14,18H,5-6,8-9,11-12H2,1-2H3/t14-/m0/s1. The normalized spacial score (nSPS) is 16.8. The summed E-state index contributed by atoms with van der Waals surface area (Å²) in [5.41, 5.74) is 0.591. The lowest BCUT2D eigenvalue weighted by atomic mass is 10.0. The summed E-state index contributed by atoms with van der Waals surface area (Å²) in [5.74, 6) is 0.961. The van der Waals surface area contributed by atoms with Gasteiger partial charge in [0.25, 0.3) is 0 Å². The molecule has 24 heavy (non-hydrogen) atoms. The average molecular weight is 331 g/mol. The molecule has 0 bridgehead atoms. The van der Waals surface area contributed by atoms with Crippen LogP contribution in [0.25, 0.3) is 5.65 Å². The number of fused-ring (bicyclic) bond motifs is 1. The fraction of sp³-hybridized carbons (Fsp3) is 0.588. The van der Waals surface area contributed by atoms with Crippen LogP contribution in [0.2, 0.25) is 0 Å². The summed E-state index contributed by atoms with van der Waals surface area (Å²) in [4.78, 5) is 18.0. The molecule has 0 aliphatic carbocycles. The maximum atomic E-state index is 11.5. The number of imidazole rings is 1. The number of likely N-dealkylation sites (tertiary alicyclic amines) is 1. The fourth-order valence-electron chi connectivity index (χ4n) is 3.50. The van der Waals surface area contributed by atoms with E-state index < -0.39 is 0 Å². The Kier molecular flexibility index (Phi) is 4.99. The number of nitro groups is 1. The number of rotatable bonds is 7. The van der Waals surface area contributed by atoms with Crippen LogP contribution in [0.15, 0.2) is 24.4 Å². The van der Waals surface area contributed by atoms with Crippen LogP contribution in [-0.4, -0.2) is 44.9 Å². The Morgan fingerprint density at radius 2 is 2.08 bits per heavy atom. The van der Waals surface area contributed by atoms with Gasteiger partial charge in [-0.15, -0.1) is 0 Å². The monoisotopic (exact) mass is 331 g/mol. The molecule has 1 saturated heterocycles. The molecule has 1 aliphatic rings. The highest BCUT2D eigenvalue weighted by atomic mass is 16.6. The van der Waals surface area contributed by atoms with Crippen molar-refractivity contribution in [1.82, 2.24) is 14.3 Å². The van der Waals surface area contributed by atoms with Crippen molar-refractivity contribution in [3.8, 4) is 0 Å². The molecular weight excluding hydrogens is 306 g/mol. The molecule has 3 rings (SSSR count). The topological polar surface area (TPSA) is 75.7 Å². The molecule has 130 valence electrons. The van der Waals surface area contributed by atoms with Gasteiger partial charge in [-0.2, -0.15) is 9.38 Å². The maximum absolute atomic E-state index is 11.5. The van der Waals surface area contributed by atoms with Crippen molar-refractivity contribution in [2.45, 2.75) is 39.2 Å². The van der Waals surface area contributed by atoms with Crippen LogP contribution in [0.3, 0.4) is 0 Å². The van der Waals surface area contributed by atoms with Gasteiger partial charge in [0.05, 0.1) is 6.20 Å². The number of hydrogen-bond acceptors (Lipinski definition) is 5. The molecule has 3 heterocycles. The minimum atomic E-state index is -0.365. The highest BCUT2D eigenvalue weighted by molar-refractivity contribution is 5.62. The summed E-state index contributed by atoms with van der Waals surface area (Å²) in [6, 6.07) is 5.78. The third kappa shape index (κ3) is 3.51. The van der Waals surface area contributed by atoms with E-state index in [4.69, 9.17) is 0 Å². The number of pyridine rings is 1. The number of hydrogen-bond donors (Lipinski definition) is 1. The molecule has 0 saturated carbocycles. The second-order valence-electron chi connectivity index (χ2n) is 6.88. The number of aromatic nitrogens is 2. The van der Waals surface area contributed by atoms with Crippen LogP contribution < -0.4 is 5.32 Å². The molecule has 0 amide bonds. The quantitative estimate of drug-likeness (QED) is 0.623. The Balaban J connectivity index is 1.80. The van der Waals surface area contributed by atoms with E-state index in [9.17, 15) is 10.1 Å². The van der Waals surface area contributed by atoms with Crippen LogP contribution in [0.4, 0.5) is 11.6 Å². The molecular formula is C17H25N5O2. The molecule has 1 atom stereocenters. The first kappa shape index (κ1) is 16.7. The highest BCUT2D eigenvalue weighted by Crippen LogP contribution is 2.26. The predicted octanol–water partition coefficient (Wildman–Crippen LogP) is 3.16. The molecule has 7 nitrogen and oxygen atoms in total. The van der Waals surface area contributed by atoms with E-state index in [1.165, 1.54) is 17.2 Å². The van der Waals surface area contributed by atoms with Gasteiger partial charge in [-0.05, 0) is 49.3 Å². The summed E-state index contributed by atoms with van der Waals surface area (Å²) in [6.45, 7) is 7.36. The largest absolute Gasteiger partial charge is 0.372 e. The van der Waals surface area contributed by atoms with Gasteiger partial charge in [-0.25, -0.2) is 0 Å². The van der Waals surface area contributed by atoms with Gasteiger partial charge in [-0.1, -0.05) is 19.9 Å². The SMILES string of the molecule is CC(C)C[C@@H](CNc1nc2ccccn2c1[N+](=O)[O-])N1CCCC1. The summed E-state index contributed by atoms with van der Waals surface area (Å²) >= 11 is 0. The van der Waals surface area contributed by atoms with E-state index in [-0.39, 0.29) is 10.7 Å². The zero-order chi connectivity index (χ0) is 17.1. The predicted molar refractivity (Wildman–Crippen MR) is 94.4 cm³/mol. The molecule has 0 spiro atoms. The molecule has 1 N–H and O–H groups in total. The number of nitrogens with zero attached hydrogens (tertiary/aromatic N) is 4. The number of nitrogens with one attached hydrogen (secondary N) is 1. The molecule has 2 aromatic heterocycles. The van der Waals surface area contributed by atoms with Crippen LogP contribution in [0.1, 0.15) is 33.1 Å². The maximum Gasteiger partial charge on any atom is 0.372 e. The van der Waals surface area contributed by atoms with Crippen molar-refractivity contribution in [2.75, 3.05) is 25.0 Å². The first-order chi connectivity index (χ1) is 11.6. The third-order valence-electron chi connectivity index (χ3n) is 4.58. The van der Waals surface area contributed by atoms with Crippen LogP contribution in [0, 0.1) is 16.0 Å². The molecule has 2 aromatic rings. The van der Waals surface area contributed by atoms with Crippen molar-refractivity contribution >= 4 is 17.3 Å². The summed E-state index contributed by atoms with van der Waals surface area (Å²) in [6.07, 6.45) is 5.23. The Morgan fingerprint density at radius 1 is 1.33 bits per heavy atom. The van der Waals surface area contributed by atoms with Gasteiger partial charge in [0, 0.05) is 18.7 Å². The third-order valence-corrected chi connectivity index (χ3v) is 4.58. The van der Waals surface area contributed by atoms with Gasteiger partial charge in [0.15, 0.2) is 0 Å². The van der Waals surface area contributed by atoms with Crippen molar-refractivity contribution in [3.05, 3.63) is 34.5 Å². The second kappa shape index (κ2) is 7.17. The van der Waals surface area contributed by atoms with Crippen molar-refractivity contribution in [2.24, 2.45) is 5.92 Å². The lowest BCUT2D eigenvalue weighted by Gasteiger charge is -2.29. The van der Waals surface area contributed by atoms with Crippen molar-refractivity contribution in [3.63, 3.8) is 0 Å². The Hall–Kier alpha value is -2.15. The molecule has 0 radical (unpaired) electrons. The van der Waals surface area contributed by atoms with E-state index in [0.717, 1.165) is 19.5 Å². The molecule has 1 fully saturated rings. The Labute approximate surface area is 141 Å². The Bertz CT molecular complexity index is 706. The zero-order valence-corrected chi connectivity index (χ0v) is 14.3. The smallest absolute Gasteiger partial charge is 0.361 e. The minimum absolute atomic E-state index is 0.00955.